The largest absolute Gasteiger partial charge is 0.507 e. The first-order valence-electron chi connectivity index (χ1n) is 8.32. The van der Waals surface area contributed by atoms with Crippen LogP contribution in [0.15, 0.2) is 82.8 Å². The number of phenolic OH excluding ortho intramolecular Hbond substituents is 2. The molecular formula is C22H20N2O2. The molecule has 0 aliphatic carbocycles. The molecule has 0 unspecified atom stereocenters. The van der Waals surface area contributed by atoms with E-state index in [1.54, 1.807) is 24.3 Å². The second-order valence-electron chi connectivity index (χ2n) is 5.92. The fourth-order valence-electron chi connectivity index (χ4n) is 2.69. The van der Waals surface area contributed by atoms with Crippen LogP contribution in [-0.4, -0.2) is 21.6 Å². The van der Waals surface area contributed by atoms with E-state index in [2.05, 4.69) is 9.98 Å². The van der Waals surface area contributed by atoms with Crippen LogP contribution >= 0.6 is 0 Å². The molecule has 130 valence electrons. The summed E-state index contributed by atoms with van der Waals surface area (Å²) in [6.07, 6.45) is 0. The van der Waals surface area contributed by atoms with Gasteiger partial charge in [-0.05, 0) is 50.2 Å². The van der Waals surface area contributed by atoms with Gasteiger partial charge in [-0.1, -0.05) is 36.4 Å². The summed E-state index contributed by atoms with van der Waals surface area (Å²) in [4.78, 5) is 9.29. The summed E-state index contributed by atoms with van der Waals surface area (Å²) in [5.41, 5.74) is 4.16. The van der Waals surface area contributed by atoms with Crippen molar-refractivity contribution >= 4 is 22.8 Å². The van der Waals surface area contributed by atoms with Crippen molar-refractivity contribution < 1.29 is 10.2 Å². The Labute approximate surface area is 152 Å². The lowest BCUT2D eigenvalue weighted by Gasteiger charge is -2.07. The van der Waals surface area contributed by atoms with Gasteiger partial charge in [0.05, 0.1) is 11.4 Å². The minimum absolute atomic E-state index is 0.195. The minimum atomic E-state index is 0.195. The summed E-state index contributed by atoms with van der Waals surface area (Å²) in [5, 5.41) is 20.0. The fraction of sp³-hybridized carbons (Fsp3) is 0.0909. The van der Waals surface area contributed by atoms with Crippen LogP contribution in [0.1, 0.15) is 25.0 Å². The van der Waals surface area contributed by atoms with E-state index in [0.29, 0.717) is 33.9 Å². The molecule has 0 aliphatic heterocycles. The zero-order valence-electron chi connectivity index (χ0n) is 14.7. The fourth-order valence-corrected chi connectivity index (χ4v) is 2.69. The molecule has 0 heterocycles. The normalized spacial score (nSPS) is 12.2. The third kappa shape index (κ3) is 3.81. The lowest BCUT2D eigenvalue weighted by Crippen LogP contribution is -1.95. The van der Waals surface area contributed by atoms with Crippen molar-refractivity contribution in [1.29, 1.82) is 0 Å². The summed E-state index contributed by atoms with van der Waals surface area (Å²) >= 11 is 0. The van der Waals surface area contributed by atoms with Gasteiger partial charge in [-0.15, -0.1) is 0 Å². The number of aliphatic imine (C=N–C) groups is 2. The third-order valence-electron chi connectivity index (χ3n) is 4.05. The highest BCUT2D eigenvalue weighted by molar-refractivity contribution is 6.04. The van der Waals surface area contributed by atoms with Gasteiger partial charge in [0.15, 0.2) is 0 Å². The van der Waals surface area contributed by atoms with Crippen molar-refractivity contribution in [3.63, 3.8) is 0 Å². The highest BCUT2D eigenvalue weighted by Gasteiger charge is 2.08. The molecule has 3 aromatic rings. The number of hydrogen-bond acceptors (Lipinski definition) is 4. The highest BCUT2D eigenvalue weighted by atomic mass is 16.3. The summed E-state index contributed by atoms with van der Waals surface area (Å²) in [7, 11) is 0. The molecule has 4 heteroatoms. The Hall–Kier alpha value is -3.40. The first kappa shape index (κ1) is 17.4. The maximum absolute atomic E-state index is 10.0. The maximum atomic E-state index is 10.0. The van der Waals surface area contributed by atoms with Gasteiger partial charge in [-0.2, -0.15) is 0 Å². The summed E-state index contributed by atoms with van der Waals surface area (Å²) in [6, 6.07) is 21.8. The molecule has 0 bridgehead atoms. The van der Waals surface area contributed by atoms with Crippen LogP contribution in [-0.2, 0) is 0 Å². The van der Waals surface area contributed by atoms with Gasteiger partial charge in [0.1, 0.15) is 11.5 Å². The van der Waals surface area contributed by atoms with Gasteiger partial charge in [-0.25, -0.2) is 0 Å². The molecule has 0 radical (unpaired) electrons. The van der Waals surface area contributed by atoms with Crippen LogP contribution in [0.5, 0.6) is 11.5 Å². The Bertz CT molecular complexity index is 910. The number of nitrogens with zero attached hydrogens (tertiary/aromatic N) is 2. The first-order valence-corrected chi connectivity index (χ1v) is 8.32. The van der Waals surface area contributed by atoms with Gasteiger partial charge >= 0.3 is 0 Å². The van der Waals surface area contributed by atoms with E-state index in [-0.39, 0.29) is 11.5 Å². The quantitative estimate of drug-likeness (QED) is 0.624. The molecule has 2 N–H and O–H groups in total. The monoisotopic (exact) mass is 344 g/mol. The number of phenols is 2. The van der Waals surface area contributed by atoms with Gasteiger partial charge in [0, 0.05) is 22.6 Å². The molecule has 0 saturated heterocycles. The molecule has 3 rings (SSSR count). The van der Waals surface area contributed by atoms with Gasteiger partial charge in [0.2, 0.25) is 0 Å². The first-order chi connectivity index (χ1) is 12.6. The lowest BCUT2D eigenvalue weighted by molar-refractivity contribution is 0.473. The molecule has 0 fully saturated rings. The van der Waals surface area contributed by atoms with E-state index < -0.39 is 0 Å². The maximum Gasteiger partial charge on any atom is 0.124 e. The zero-order chi connectivity index (χ0) is 18.5. The molecule has 4 nitrogen and oxygen atoms in total. The van der Waals surface area contributed by atoms with Crippen molar-refractivity contribution in [3.05, 3.63) is 83.9 Å². The molecule has 26 heavy (non-hydrogen) atoms. The standard InChI is InChI=1S/C22H20N2O2/c1-15(17-9-3-7-13-21(17)25)23-19-11-5-6-12-20(19)24-16(2)18-10-4-8-14-22(18)26/h3-14,25-26H,1-2H3/b23-15+,24-16+. The van der Waals surface area contributed by atoms with Gasteiger partial charge in [-0.3, -0.25) is 9.98 Å². The Kier molecular flexibility index (Phi) is 5.13. The third-order valence-corrected chi connectivity index (χ3v) is 4.05. The zero-order valence-corrected chi connectivity index (χ0v) is 14.7. The van der Waals surface area contributed by atoms with Crippen molar-refractivity contribution in [2.45, 2.75) is 13.8 Å². The van der Waals surface area contributed by atoms with Crippen molar-refractivity contribution in [2.24, 2.45) is 9.98 Å². The molecule has 0 amide bonds. The predicted molar refractivity (Wildman–Crippen MR) is 106 cm³/mol. The summed E-state index contributed by atoms with van der Waals surface area (Å²) in [6.45, 7) is 3.71. The topological polar surface area (TPSA) is 65.2 Å². The van der Waals surface area contributed by atoms with Crippen LogP contribution in [0.4, 0.5) is 11.4 Å². The molecule has 0 atom stereocenters. The number of rotatable bonds is 4. The molecule has 0 saturated carbocycles. The number of aromatic hydroxyl groups is 2. The molecule has 3 aromatic carbocycles. The van der Waals surface area contributed by atoms with Crippen LogP contribution in [0.2, 0.25) is 0 Å². The minimum Gasteiger partial charge on any atom is -0.507 e. The average molecular weight is 344 g/mol. The van der Waals surface area contributed by atoms with Crippen LogP contribution in [0, 0.1) is 0 Å². The lowest BCUT2D eigenvalue weighted by atomic mass is 10.1. The highest BCUT2D eigenvalue weighted by Crippen LogP contribution is 2.30. The van der Waals surface area contributed by atoms with Gasteiger partial charge in [0.25, 0.3) is 0 Å². The van der Waals surface area contributed by atoms with Gasteiger partial charge < -0.3 is 10.2 Å². The van der Waals surface area contributed by atoms with E-state index in [1.807, 2.05) is 62.4 Å². The summed E-state index contributed by atoms with van der Waals surface area (Å²) < 4.78 is 0. The van der Waals surface area contributed by atoms with Crippen LogP contribution < -0.4 is 0 Å². The predicted octanol–water partition coefficient (Wildman–Crippen LogP) is 5.38. The smallest absolute Gasteiger partial charge is 0.124 e. The van der Waals surface area contributed by atoms with E-state index in [4.69, 9.17) is 0 Å². The molecule has 0 spiro atoms. The van der Waals surface area contributed by atoms with Crippen molar-refractivity contribution in [2.75, 3.05) is 0 Å². The van der Waals surface area contributed by atoms with Crippen LogP contribution in [0.25, 0.3) is 0 Å². The second kappa shape index (κ2) is 7.66. The second-order valence-corrected chi connectivity index (χ2v) is 5.92. The Morgan fingerprint density at radius 3 is 1.31 bits per heavy atom. The van der Waals surface area contributed by atoms with Crippen molar-refractivity contribution in [3.8, 4) is 11.5 Å². The van der Waals surface area contributed by atoms with E-state index in [1.165, 1.54) is 0 Å². The van der Waals surface area contributed by atoms with Crippen molar-refractivity contribution in [1.82, 2.24) is 0 Å². The number of para-hydroxylation sites is 4. The summed E-state index contributed by atoms with van der Waals surface area (Å²) in [5.74, 6) is 0.389. The molecular weight excluding hydrogens is 324 g/mol. The number of benzene rings is 3. The number of hydrogen-bond donors (Lipinski definition) is 2. The Morgan fingerprint density at radius 1 is 0.577 bits per heavy atom. The average Bonchev–Trinajstić information content (AvgIpc) is 2.64. The van der Waals surface area contributed by atoms with E-state index in [0.717, 1.165) is 0 Å². The Morgan fingerprint density at radius 2 is 0.923 bits per heavy atom. The van der Waals surface area contributed by atoms with E-state index >= 15 is 0 Å². The SMILES string of the molecule is C/C(=N\c1ccccc1/N=C(\C)c1ccccc1O)c1ccccc1O. The molecule has 0 aliphatic rings. The van der Waals surface area contributed by atoms with Crippen LogP contribution in [0.3, 0.4) is 0 Å². The van der Waals surface area contributed by atoms with E-state index in [9.17, 15) is 10.2 Å². The molecule has 0 aromatic heterocycles. The Balaban J connectivity index is 2.02.